The lowest BCUT2D eigenvalue weighted by Crippen LogP contribution is -2.30. The van der Waals surface area contributed by atoms with Crippen molar-refractivity contribution in [1.29, 1.82) is 0 Å². The zero-order valence-electron chi connectivity index (χ0n) is 19.1. The Morgan fingerprint density at radius 2 is 1.49 bits per heavy atom. The summed E-state index contributed by atoms with van der Waals surface area (Å²) >= 11 is 0. The first-order valence-electron chi connectivity index (χ1n) is 11.7. The van der Waals surface area contributed by atoms with Crippen LogP contribution in [0.1, 0.15) is 39.4 Å². The second-order valence-corrected chi connectivity index (χ2v) is 9.03. The zero-order chi connectivity index (χ0) is 24.4. The van der Waals surface area contributed by atoms with Gasteiger partial charge in [-0.1, -0.05) is 60.7 Å². The summed E-state index contributed by atoms with van der Waals surface area (Å²) in [6.07, 6.45) is 0.240. The molecule has 0 spiro atoms. The maximum absolute atomic E-state index is 12.4. The van der Waals surface area contributed by atoms with Gasteiger partial charge in [0, 0.05) is 24.9 Å². The normalized spacial score (nSPS) is 17.7. The van der Waals surface area contributed by atoms with E-state index in [0.717, 1.165) is 16.7 Å². The third kappa shape index (κ3) is 4.89. The highest BCUT2D eigenvalue weighted by Crippen LogP contribution is 2.44. The lowest BCUT2D eigenvalue weighted by Gasteiger charge is -2.14. The lowest BCUT2D eigenvalue weighted by molar-refractivity contribution is -0.122. The van der Waals surface area contributed by atoms with Gasteiger partial charge in [0.15, 0.2) is 0 Å². The van der Waals surface area contributed by atoms with Gasteiger partial charge in [-0.2, -0.15) is 0 Å². The Kier molecular flexibility index (Phi) is 6.23. The van der Waals surface area contributed by atoms with Gasteiger partial charge in [-0.3, -0.25) is 4.79 Å². The molecule has 0 aromatic heterocycles. The van der Waals surface area contributed by atoms with Gasteiger partial charge < -0.3 is 20.5 Å². The summed E-state index contributed by atoms with van der Waals surface area (Å²) in [6.45, 7) is 0.985. The number of nitrogens with one attached hydrogen (secondary N) is 2. The molecule has 0 bridgehead atoms. The maximum atomic E-state index is 12.4. The topological polar surface area (TPSA) is 105 Å². The molecule has 35 heavy (non-hydrogen) atoms. The number of alkyl carbamates (subject to hydrolysis) is 1. The number of carboxylic acid groups (broad SMARTS) is 1. The van der Waals surface area contributed by atoms with Gasteiger partial charge in [-0.05, 0) is 52.3 Å². The Morgan fingerprint density at radius 3 is 2.11 bits per heavy atom. The monoisotopic (exact) mass is 470 g/mol. The molecule has 2 aliphatic carbocycles. The fourth-order valence-electron chi connectivity index (χ4n) is 4.74. The molecule has 3 aromatic carbocycles. The summed E-state index contributed by atoms with van der Waals surface area (Å²) in [7, 11) is 0. The van der Waals surface area contributed by atoms with Gasteiger partial charge >= 0.3 is 12.1 Å². The second kappa shape index (κ2) is 9.62. The second-order valence-electron chi connectivity index (χ2n) is 9.03. The van der Waals surface area contributed by atoms with Crippen LogP contribution < -0.4 is 10.6 Å². The van der Waals surface area contributed by atoms with Gasteiger partial charge in [0.1, 0.15) is 6.61 Å². The first kappa shape index (κ1) is 22.7. The Balaban J connectivity index is 1.06. The number of rotatable bonds is 8. The highest BCUT2D eigenvalue weighted by Gasteiger charge is 2.42. The van der Waals surface area contributed by atoms with Crippen LogP contribution in [0.4, 0.5) is 4.79 Å². The molecule has 1 saturated carbocycles. The Hall–Kier alpha value is -4.13. The SMILES string of the molecule is O=C(NC[C@@H]1C[C@@H]1C(=O)NCc1ccc(C(=O)O)cc1)OCC1c2ccccc2-c2ccccc21. The number of carboxylic acids is 1. The van der Waals surface area contributed by atoms with E-state index in [4.69, 9.17) is 9.84 Å². The molecule has 0 unspecified atom stereocenters. The number of carbonyl (C=O) groups is 3. The summed E-state index contributed by atoms with van der Waals surface area (Å²) in [5.41, 5.74) is 5.73. The van der Waals surface area contributed by atoms with Crippen LogP contribution in [-0.4, -0.2) is 36.2 Å². The molecule has 178 valence electrons. The summed E-state index contributed by atoms with van der Waals surface area (Å²) in [5.74, 6) is -1.08. The van der Waals surface area contributed by atoms with Crippen LogP contribution in [0.3, 0.4) is 0 Å². The molecule has 0 saturated heterocycles. The van der Waals surface area contributed by atoms with Crippen LogP contribution >= 0.6 is 0 Å². The lowest BCUT2D eigenvalue weighted by atomic mass is 9.98. The average Bonchev–Trinajstić information content (AvgIpc) is 3.60. The van der Waals surface area contributed by atoms with E-state index < -0.39 is 12.1 Å². The van der Waals surface area contributed by atoms with Crippen molar-refractivity contribution in [3.63, 3.8) is 0 Å². The van der Waals surface area contributed by atoms with Crippen molar-refractivity contribution < 1.29 is 24.2 Å². The number of benzene rings is 3. The van der Waals surface area contributed by atoms with Gasteiger partial charge in [-0.25, -0.2) is 9.59 Å². The van der Waals surface area contributed by atoms with Crippen molar-refractivity contribution >= 4 is 18.0 Å². The van der Waals surface area contributed by atoms with Crippen LogP contribution in [0, 0.1) is 11.8 Å². The quantitative estimate of drug-likeness (QED) is 0.458. The summed E-state index contributed by atoms with van der Waals surface area (Å²) in [6, 6.07) is 22.8. The molecule has 3 aromatic rings. The highest BCUT2D eigenvalue weighted by molar-refractivity contribution is 5.87. The molecule has 7 nitrogen and oxygen atoms in total. The van der Waals surface area contributed by atoms with E-state index >= 15 is 0 Å². The Labute approximate surface area is 203 Å². The van der Waals surface area contributed by atoms with E-state index in [-0.39, 0.29) is 35.8 Å². The van der Waals surface area contributed by atoms with Crippen molar-refractivity contribution in [2.45, 2.75) is 18.9 Å². The molecule has 2 aliphatic rings. The molecular weight excluding hydrogens is 444 g/mol. The maximum Gasteiger partial charge on any atom is 0.407 e. The molecule has 3 N–H and O–H groups in total. The molecule has 0 aliphatic heterocycles. The fourth-order valence-corrected chi connectivity index (χ4v) is 4.74. The van der Waals surface area contributed by atoms with Gasteiger partial charge in [0.25, 0.3) is 0 Å². The first-order valence-corrected chi connectivity index (χ1v) is 11.7. The van der Waals surface area contributed by atoms with Crippen molar-refractivity contribution in [1.82, 2.24) is 10.6 Å². The third-order valence-corrected chi connectivity index (χ3v) is 6.78. The summed E-state index contributed by atoms with van der Waals surface area (Å²) in [4.78, 5) is 35.7. The zero-order valence-corrected chi connectivity index (χ0v) is 19.1. The predicted molar refractivity (Wildman–Crippen MR) is 130 cm³/mol. The van der Waals surface area contributed by atoms with Crippen LogP contribution in [0.2, 0.25) is 0 Å². The minimum atomic E-state index is -0.981. The standard InChI is InChI=1S/C28H26N2O5/c31-26(29-14-17-9-11-18(12-10-17)27(32)33)24-13-19(24)15-30-28(34)35-16-25-22-7-3-1-5-20(22)21-6-2-4-8-23(21)25/h1-12,19,24-25H,13-16H2,(H,29,31)(H,30,34)(H,32,33)/t19-,24-/m0/s1. The molecule has 0 radical (unpaired) electrons. The molecule has 1 fully saturated rings. The Bertz CT molecular complexity index is 1220. The van der Waals surface area contributed by atoms with E-state index in [1.165, 1.54) is 23.3 Å². The van der Waals surface area contributed by atoms with Crippen molar-refractivity contribution in [2.75, 3.05) is 13.2 Å². The van der Waals surface area contributed by atoms with Gasteiger partial charge in [0.05, 0.1) is 5.56 Å². The van der Waals surface area contributed by atoms with Crippen molar-refractivity contribution in [3.05, 3.63) is 95.1 Å². The number of hydrogen-bond donors (Lipinski definition) is 3. The predicted octanol–water partition coefficient (Wildman–Crippen LogP) is 4.18. The largest absolute Gasteiger partial charge is 0.478 e. The number of carbonyl (C=O) groups excluding carboxylic acids is 2. The first-order chi connectivity index (χ1) is 17.0. The molecule has 7 heteroatoms. The number of aromatic carboxylic acids is 1. The number of hydrogen-bond acceptors (Lipinski definition) is 4. The highest BCUT2D eigenvalue weighted by atomic mass is 16.5. The summed E-state index contributed by atoms with van der Waals surface area (Å²) in [5, 5.41) is 14.6. The van der Waals surface area contributed by atoms with Gasteiger partial charge in [-0.15, -0.1) is 0 Å². The van der Waals surface area contributed by atoms with E-state index in [2.05, 4.69) is 34.9 Å². The van der Waals surface area contributed by atoms with Crippen LogP contribution in [-0.2, 0) is 16.1 Å². The third-order valence-electron chi connectivity index (χ3n) is 6.78. The molecule has 2 atom stereocenters. The molecule has 2 amide bonds. The molecular formula is C28H26N2O5. The van der Waals surface area contributed by atoms with E-state index in [9.17, 15) is 14.4 Å². The molecule has 5 rings (SSSR count). The number of fused-ring (bicyclic) bond motifs is 3. The van der Waals surface area contributed by atoms with E-state index in [1.54, 1.807) is 12.1 Å². The van der Waals surface area contributed by atoms with E-state index in [1.807, 2.05) is 24.3 Å². The molecule has 0 heterocycles. The van der Waals surface area contributed by atoms with Crippen LogP contribution in [0.25, 0.3) is 11.1 Å². The van der Waals surface area contributed by atoms with E-state index in [0.29, 0.717) is 19.5 Å². The number of amides is 2. The number of ether oxygens (including phenoxy) is 1. The van der Waals surface area contributed by atoms with Gasteiger partial charge in [0.2, 0.25) is 5.91 Å². The van der Waals surface area contributed by atoms with Crippen LogP contribution in [0.15, 0.2) is 72.8 Å². The summed E-state index contributed by atoms with van der Waals surface area (Å²) < 4.78 is 5.55. The van der Waals surface area contributed by atoms with Crippen molar-refractivity contribution in [3.8, 4) is 11.1 Å². The smallest absolute Gasteiger partial charge is 0.407 e. The van der Waals surface area contributed by atoms with Crippen molar-refractivity contribution in [2.24, 2.45) is 11.8 Å². The minimum Gasteiger partial charge on any atom is -0.478 e. The minimum absolute atomic E-state index is 0.0113. The fraction of sp³-hybridized carbons (Fsp3) is 0.250. The average molecular weight is 471 g/mol. The van der Waals surface area contributed by atoms with Crippen LogP contribution in [0.5, 0.6) is 0 Å². The Morgan fingerprint density at radius 1 is 0.857 bits per heavy atom.